The monoisotopic (exact) mass is 134 g/mol. The number of allylic oxidation sites excluding steroid dienone is 5. The molecule has 0 heterocycles. The molecule has 1 aliphatic rings. The number of rotatable bonds is 0. The van der Waals surface area contributed by atoms with Gasteiger partial charge in [-0.2, -0.15) is 0 Å². The predicted octanol–water partition coefficient (Wildman–Crippen LogP) is 2.04. The van der Waals surface area contributed by atoms with Crippen LogP contribution in [-0.2, 0) is 4.79 Å². The molecule has 52 valence electrons. The molecule has 0 unspecified atom stereocenters. The lowest BCUT2D eigenvalue weighted by Gasteiger charge is -1.93. The lowest BCUT2D eigenvalue weighted by atomic mass is 10.1. The second-order valence-electron chi connectivity index (χ2n) is 2.59. The quantitative estimate of drug-likeness (QED) is 0.463. The fourth-order valence-electron chi connectivity index (χ4n) is 1.04. The van der Waals surface area contributed by atoms with E-state index in [0.29, 0.717) is 5.57 Å². The molecular formula is C9H10O. The van der Waals surface area contributed by atoms with E-state index in [1.54, 1.807) is 0 Å². The van der Waals surface area contributed by atoms with Crippen molar-refractivity contribution in [1.82, 2.24) is 0 Å². The summed E-state index contributed by atoms with van der Waals surface area (Å²) in [6, 6.07) is 0. The summed E-state index contributed by atoms with van der Waals surface area (Å²) < 4.78 is 0. The van der Waals surface area contributed by atoms with E-state index >= 15 is 0 Å². The van der Waals surface area contributed by atoms with E-state index < -0.39 is 0 Å². The van der Waals surface area contributed by atoms with Crippen molar-refractivity contribution in [3.63, 3.8) is 0 Å². The van der Waals surface area contributed by atoms with E-state index in [1.807, 2.05) is 32.8 Å². The average molecular weight is 134 g/mol. The van der Waals surface area contributed by atoms with Gasteiger partial charge in [0.15, 0.2) is 0 Å². The topological polar surface area (TPSA) is 17.1 Å². The molecule has 0 radical (unpaired) electrons. The summed E-state index contributed by atoms with van der Waals surface area (Å²) in [5.74, 6) is 1.91. The Morgan fingerprint density at radius 2 is 1.80 bits per heavy atom. The number of hydrogen-bond acceptors (Lipinski definition) is 1. The molecule has 0 saturated heterocycles. The van der Waals surface area contributed by atoms with Crippen molar-refractivity contribution in [3.8, 4) is 0 Å². The Morgan fingerprint density at radius 3 is 2.00 bits per heavy atom. The Hall–Kier alpha value is -1.07. The summed E-state index contributed by atoms with van der Waals surface area (Å²) in [6.45, 7) is 5.97. The third-order valence-electron chi connectivity index (χ3n) is 2.03. The predicted molar refractivity (Wildman–Crippen MR) is 41.3 cm³/mol. The van der Waals surface area contributed by atoms with Gasteiger partial charge in [0.1, 0.15) is 5.94 Å². The van der Waals surface area contributed by atoms with Crippen LogP contribution in [0.15, 0.2) is 28.4 Å². The molecule has 1 heteroatoms. The van der Waals surface area contributed by atoms with Gasteiger partial charge in [0.25, 0.3) is 0 Å². The molecule has 0 aliphatic heterocycles. The van der Waals surface area contributed by atoms with Crippen molar-refractivity contribution in [2.75, 3.05) is 0 Å². The third kappa shape index (κ3) is 0.850. The van der Waals surface area contributed by atoms with Gasteiger partial charge in [0.2, 0.25) is 0 Å². The van der Waals surface area contributed by atoms with Crippen LogP contribution in [0.2, 0.25) is 0 Å². The standard InChI is InChI=1S/C9H10O/c1-6-4-9(5-10)8(3)7(6)2/h4H,1-3H3. The smallest absolute Gasteiger partial charge is 0.132 e. The summed E-state index contributed by atoms with van der Waals surface area (Å²) in [5, 5.41) is 0. The molecule has 0 bridgehead atoms. The van der Waals surface area contributed by atoms with E-state index in [4.69, 9.17) is 0 Å². The highest BCUT2D eigenvalue weighted by molar-refractivity contribution is 5.71. The molecule has 1 aliphatic carbocycles. The van der Waals surface area contributed by atoms with Gasteiger partial charge in [-0.1, -0.05) is 0 Å². The molecule has 0 atom stereocenters. The molecule has 0 N–H and O–H groups in total. The second-order valence-corrected chi connectivity index (χ2v) is 2.59. The maximum absolute atomic E-state index is 10.3. The van der Waals surface area contributed by atoms with Crippen LogP contribution in [0.3, 0.4) is 0 Å². The summed E-state index contributed by atoms with van der Waals surface area (Å²) in [5.41, 5.74) is 4.15. The molecule has 1 rings (SSSR count). The molecule has 0 aromatic carbocycles. The Labute approximate surface area is 60.7 Å². The first-order valence-corrected chi connectivity index (χ1v) is 3.28. The van der Waals surface area contributed by atoms with E-state index in [-0.39, 0.29) is 0 Å². The summed E-state index contributed by atoms with van der Waals surface area (Å²) in [6.07, 6.45) is 1.87. The average Bonchev–Trinajstić information content (AvgIpc) is 2.17. The molecule has 0 aromatic rings. The van der Waals surface area contributed by atoms with Gasteiger partial charge < -0.3 is 0 Å². The van der Waals surface area contributed by atoms with Gasteiger partial charge in [0, 0.05) is 0 Å². The maximum Gasteiger partial charge on any atom is 0.132 e. The number of carbonyl (C=O) groups excluding carboxylic acids is 1. The molecule has 0 amide bonds. The van der Waals surface area contributed by atoms with Crippen LogP contribution < -0.4 is 0 Å². The van der Waals surface area contributed by atoms with E-state index in [0.717, 1.165) is 5.57 Å². The fourth-order valence-corrected chi connectivity index (χ4v) is 1.04. The van der Waals surface area contributed by atoms with Crippen molar-refractivity contribution in [3.05, 3.63) is 28.4 Å². The summed E-state index contributed by atoms with van der Waals surface area (Å²) in [7, 11) is 0. The molecule has 0 aromatic heterocycles. The highest BCUT2D eigenvalue weighted by atomic mass is 16.1. The zero-order chi connectivity index (χ0) is 7.72. The third-order valence-corrected chi connectivity index (χ3v) is 2.03. The molecule has 0 fully saturated rings. The first-order chi connectivity index (χ1) is 4.66. The van der Waals surface area contributed by atoms with E-state index in [9.17, 15) is 4.79 Å². The first-order valence-electron chi connectivity index (χ1n) is 3.28. The van der Waals surface area contributed by atoms with Crippen LogP contribution in [0.1, 0.15) is 20.8 Å². The van der Waals surface area contributed by atoms with Gasteiger partial charge in [-0.15, -0.1) is 0 Å². The first kappa shape index (κ1) is 7.04. The second kappa shape index (κ2) is 2.28. The van der Waals surface area contributed by atoms with Crippen LogP contribution in [0.4, 0.5) is 0 Å². The highest BCUT2D eigenvalue weighted by Crippen LogP contribution is 2.27. The lowest BCUT2D eigenvalue weighted by molar-refractivity contribution is 0.568. The number of hydrogen-bond donors (Lipinski definition) is 0. The van der Waals surface area contributed by atoms with Gasteiger partial charge in [-0.3, -0.25) is 0 Å². The zero-order valence-electron chi connectivity index (χ0n) is 6.49. The minimum atomic E-state index is 0.704. The maximum atomic E-state index is 10.3. The van der Waals surface area contributed by atoms with Gasteiger partial charge in [0.05, 0.1) is 5.57 Å². The van der Waals surface area contributed by atoms with E-state index in [2.05, 4.69) is 0 Å². The Morgan fingerprint density at radius 1 is 1.20 bits per heavy atom. The Kier molecular flexibility index (Phi) is 1.60. The van der Waals surface area contributed by atoms with Crippen molar-refractivity contribution in [1.29, 1.82) is 0 Å². The van der Waals surface area contributed by atoms with Crippen molar-refractivity contribution in [2.24, 2.45) is 0 Å². The van der Waals surface area contributed by atoms with Crippen molar-refractivity contribution < 1.29 is 4.79 Å². The Balaban J connectivity index is 3.25. The lowest BCUT2D eigenvalue weighted by Crippen LogP contribution is -1.78. The van der Waals surface area contributed by atoms with Gasteiger partial charge in [-0.25, -0.2) is 4.79 Å². The van der Waals surface area contributed by atoms with Crippen molar-refractivity contribution in [2.45, 2.75) is 20.8 Å². The van der Waals surface area contributed by atoms with Gasteiger partial charge >= 0.3 is 0 Å². The highest BCUT2D eigenvalue weighted by Gasteiger charge is 2.11. The largest absolute Gasteiger partial charge is 0.233 e. The van der Waals surface area contributed by atoms with Crippen LogP contribution >= 0.6 is 0 Å². The van der Waals surface area contributed by atoms with Gasteiger partial charge in [-0.05, 0) is 43.6 Å². The summed E-state index contributed by atoms with van der Waals surface area (Å²) >= 11 is 0. The van der Waals surface area contributed by atoms with Crippen LogP contribution in [0.25, 0.3) is 0 Å². The SMILES string of the molecule is CC1=CC(=C=O)C(C)=C1C. The zero-order valence-corrected chi connectivity index (χ0v) is 6.49. The molecule has 0 saturated carbocycles. The van der Waals surface area contributed by atoms with Crippen LogP contribution in [-0.4, -0.2) is 5.94 Å². The van der Waals surface area contributed by atoms with E-state index in [1.165, 1.54) is 11.1 Å². The molecule has 0 spiro atoms. The minimum absolute atomic E-state index is 0.704. The Bertz CT molecular complexity index is 269. The molecule has 1 nitrogen and oxygen atoms in total. The van der Waals surface area contributed by atoms with Crippen LogP contribution in [0.5, 0.6) is 0 Å². The molecule has 10 heavy (non-hydrogen) atoms. The normalized spacial score (nSPS) is 17.5. The van der Waals surface area contributed by atoms with Crippen molar-refractivity contribution >= 4 is 5.94 Å². The summed E-state index contributed by atoms with van der Waals surface area (Å²) in [4.78, 5) is 10.3. The minimum Gasteiger partial charge on any atom is -0.233 e. The van der Waals surface area contributed by atoms with Crippen LogP contribution in [0, 0.1) is 0 Å². The fraction of sp³-hybridized carbons (Fsp3) is 0.333. The molecular weight excluding hydrogens is 124 g/mol.